The van der Waals surface area contributed by atoms with Gasteiger partial charge in [-0.3, -0.25) is 4.90 Å². The maximum atomic E-state index is 9.02. The third kappa shape index (κ3) is 3.43. The molecule has 1 atom stereocenters. The van der Waals surface area contributed by atoms with E-state index < -0.39 is 0 Å². The van der Waals surface area contributed by atoms with Crippen molar-refractivity contribution in [3.8, 4) is 0 Å². The van der Waals surface area contributed by atoms with Gasteiger partial charge in [0, 0.05) is 24.7 Å². The monoisotopic (exact) mass is 270 g/mol. The lowest BCUT2D eigenvalue weighted by Gasteiger charge is -2.27. The molecule has 18 heavy (non-hydrogen) atoms. The van der Waals surface area contributed by atoms with Crippen LogP contribution in [0, 0.1) is 0 Å². The molecule has 0 saturated carbocycles. The molecule has 1 aliphatic rings. The molecule has 0 aromatic heterocycles. The fraction of sp³-hybridized carbons (Fsp3) is 0.538. The maximum Gasteiger partial charge on any atom is 0.0624 e. The highest BCUT2D eigenvalue weighted by molar-refractivity contribution is 6.31. The molecule has 0 radical (unpaired) electrons. The fourth-order valence-corrected chi connectivity index (χ4v) is 2.28. The smallest absolute Gasteiger partial charge is 0.0624 e. The van der Waals surface area contributed by atoms with E-state index in [1.54, 1.807) is 0 Å². The molecule has 0 spiro atoms. The van der Waals surface area contributed by atoms with Crippen LogP contribution in [0.2, 0.25) is 5.02 Å². The van der Waals surface area contributed by atoms with E-state index in [-0.39, 0.29) is 12.6 Å². The van der Waals surface area contributed by atoms with Gasteiger partial charge in [0.05, 0.1) is 25.9 Å². The summed E-state index contributed by atoms with van der Waals surface area (Å²) in [6.07, 6.45) is 0. The molecule has 3 N–H and O–H groups in total. The van der Waals surface area contributed by atoms with Crippen LogP contribution in [0.4, 0.5) is 0 Å². The Balaban J connectivity index is 2.04. The molecule has 1 fully saturated rings. The van der Waals surface area contributed by atoms with Gasteiger partial charge < -0.3 is 15.6 Å². The maximum absolute atomic E-state index is 9.02. The highest BCUT2D eigenvalue weighted by Crippen LogP contribution is 2.22. The van der Waals surface area contributed by atoms with E-state index in [1.165, 1.54) is 0 Å². The summed E-state index contributed by atoms with van der Waals surface area (Å²) >= 11 is 6.25. The lowest BCUT2D eigenvalue weighted by atomic mass is 10.1. The number of aliphatic hydroxyl groups excluding tert-OH is 1. The number of morpholine rings is 1. The Morgan fingerprint density at radius 1 is 1.39 bits per heavy atom. The number of hydrogen-bond acceptors (Lipinski definition) is 4. The van der Waals surface area contributed by atoms with Gasteiger partial charge in [-0.1, -0.05) is 23.7 Å². The first-order valence-electron chi connectivity index (χ1n) is 6.15. The molecule has 1 saturated heterocycles. The summed E-state index contributed by atoms with van der Waals surface area (Å²) in [5.74, 6) is 0. The van der Waals surface area contributed by atoms with Gasteiger partial charge in [0.25, 0.3) is 0 Å². The molecular weight excluding hydrogens is 252 g/mol. The van der Waals surface area contributed by atoms with Crippen LogP contribution in [0.25, 0.3) is 0 Å². The summed E-state index contributed by atoms with van der Waals surface area (Å²) in [6.45, 7) is 4.20. The van der Waals surface area contributed by atoms with Crippen molar-refractivity contribution in [1.29, 1.82) is 0 Å². The van der Waals surface area contributed by atoms with Gasteiger partial charge in [0.1, 0.15) is 0 Å². The zero-order valence-corrected chi connectivity index (χ0v) is 11.1. The Bertz CT molecular complexity index is 395. The van der Waals surface area contributed by atoms with E-state index >= 15 is 0 Å². The fourth-order valence-electron chi connectivity index (χ4n) is 2.03. The van der Waals surface area contributed by atoms with Gasteiger partial charge >= 0.3 is 0 Å². The number of nitrogens with zero attached hydrogens (tertiary/aromatic N) is 1. The molecule has 5 heteroatoms. The second-order valence-electron chi connectivity index (χ2n) is 4.53. The van der Waals surface area contributed by atoms with Gasteiger partial charge in [-0.15, -0.1) is 0 Å². The highest BCUT2D eigenvalue weighted by Gasteiger charge is 2.13. The molecule has 0 aliphatic carbocycles. The number of nitrogens with two attached hydrogens (primary N) is 1. The van der Waals surface area contributed by atoms with Crippen molar-refractivity contribution in [3.05, 3.63) is 34.3 Å². The van der Waals surface area contributed by atoms with Crippen LogP contribution in [0.1, 0.15) is 17.2 Å². The zero-order valence-electron chi connectivity index (χ0n) is 10.3. The average Bonchev–Trinajstić information content (AvgIpc) is 2.41. The first-order valence-corrected chi connectivity index (χ1v) is 6.53. The molecule has 0 bridgehead atoms. The van der Waals surface area contributed by atoms with E-state index in [0.29, 0.717) is 5.02 Å². The van der Waals surface area contributed by atoms with E-state index in [1.807, 2.05) is 18.2 Å². The van der Waals surface area contributed by atoms with Gasteiger partial charge in [-0.25, -0.2) is 0 Å². The minimum absolute atomic E-state index is 0.0703. The topological polar surface area (TPSA) is 58.7 Å². The number of ether oxygens (including phenoxy) is 1. The van der Waals surface area contributed by atoms with E-state index in [0.717, 1.165) is 44.0 Å². The number of halogens is 1. The molecule has 1 aromatic rings. The van der Waals surface area contributed by atoms with Gasteiger partial charge in [-0.2, -0.15) is 0 Å². The van der Waals surface area contributed by atoms with E-state index in [9.17, 15) is 0 Å². The molecule has 1 aliphatic heterocycles. The van der Waals surface area contributed by atoms with Crippen LogP contribution in [-0.2, 0) is 11.3 Å². The van der Waals surface area contributed by atoms with E-state index in [2.05, 4.69) is 4.90 Å². The van der Waals surface area contributed by atoms with Crippen molar-refractivity contribution in [1.82, 2.24) is 4.90 Å². The zero-order chi connectivity index (χ0) is 13.0. The summed E-state index contributed by atoms with van der Waals surface area (Å²) in [5, 5.41) is 9.73. The predicted octanol–water partition coefficient (Wildman–Crippen LogP) is 1.16. The van der Waals surface area contributed by atoms with Crippen molar-refractivity contribution in [3.63, 3.8) is 0 Å². The van der Waals surface area contributed by atoms with Crippen LogP contribution in [-0.4, -0.2) is 42.9 Å². The van der Waals surface area contributed by atoms with Crippen LogP contribution in [0.15, 0.2) is 18.2 Å². The normalized spacial score (nSPS) is 18.8. The Kier molecular flexibility index (Phi) is 4.97. The van der Waals surface area contributed by atoms with Crippen molar-refractivity contribution < 1.29 is 9.84 Å². The Labute approximate surface area is 112 Å². The van der Waals surface area contributed by atoms with Crippen molar-refractivity contribution in [2.24, 2.45) is 5.73 Å². The highest BCUT2D eigenvalue weighted by atomic mass is 35.5. The van der Waals surface area contributed by atoms with Gasteiger partial charge in [0.15, 0.2) is 0 Å². The summed E-state index contributed by atoms with van der Waals surface area (Å²) in [5.41, 5.74) is 7.72. The quantitative estimate of drug-likeness (QED) is 0.862. The van der Waals surface area contributed by atoms with Gasteiger partial charge in [0.2, 0.25) is 0 Å². The minimum atomic E-state index is -0.361. The number of benzene rings is 1. The number of hydrogen-bond donors (Lipinski definition) is 2. The summed E-state index contributed by atoms with van der Waals surface area (Å²) in [7, 11) is 0. The number of aliphatic hydroxyl groups is 1. The van der Waals surface area contributed by atoms with Crippen LogP contribution < -0.4 is 5.73 Å². The SMILES string of the molecule is NC(CO)c1ccc(CN2CCOCC2)c(Cl)c1. The molecular formula is C13H19ClN2O2. The van der Waals surface area contributed by atoms with E-state index in [4.69, 9.17) is 27.2 Å². The van der Waals surface area contributed by atoms with Crippen molar-refractivity contribution in [2.75, 3.05) is 32.9 Å². The lowest BCUT2D eigenvalue weighted by molar-refractivity contribution is 0.0342. The molecule has 4 nitrogen and oxygen atoms in total. The molecule has 0 amide bonds. The Hall–Kier alpha value is -0.650. The Morgan fingerprint density at radius 3 is 2.72 bits per heavy atom. The Morgan fingerprint density at radius 2 is 2.11 bits per heavy atom. The summed E-state index contributed by atoms with van der Waals surface area (Å²) < 4.78 is 5.31. The van der Waals surface area contributed by atoms with Crippen LogP contribution in [0.3, 0.4) is 0 Å². The molecule has 100 valence electrons. The minimum Gasteiger partial charge on any atom is -0.394 e. The third-order valence-electron chi connectivity index (χ3n) is 3.20. The molecule has 1 heterocycles. The van der Waals surface area contributed by atoms with Gasteiger partial charge in [-0.05, 0) is 17.2 Å². The number of rotatable bonds is 4. The average molecular weight is 271 g/mol. The summed E-state index contributed by atoms with van der Waals surface area (Å²) in [6, 6.07) is 5.41. The van der Waals surface area contributed by atoms with Crippen molar-refractivity contribution in [2.45, 2.75) is 12.6 Å². The molecule has 2 rings (SSSR count). The second kappa shape index (κ2) is 6.50. The van der Waals surface area contributed by atoms with Crippen LogP contribution in [0.5, 0.6) is 0 Å². The first kappa shape index (κ1) is 13.8. The second-order valence-corrected chi connectivity index (χ2v) is 4.94. The standard InChI is InChI=1S/C13H19ClN2O2/c14-12-7-10(13(15)9-17)1-2-11(12)8-16-3-5-18-6-4-16/h1-2,7,13,17H,3-6,8-9,15H2. The third-order valence-corrected chi connectivity index (χ3v) is 3.55. The van der Waals surface area contributed by atoms with Crippen LogP contribution >= 0.6 is 11.6 Å². The van der Waals surface area contributed by atoms with Crippen molar-refractivity contribution >= 4 is 11.6 Å². The lowest BCUT2D eigenvalue weighted by Crippen LogP contribution is -2.35. The first-order chi connectivity index (χ1) is 8.70. The predicted molar refractivity (Wildman–Crippen MR) is 71.6 cm³/mol. The molecule has 1 unspecified atom stereocenters. The molecule has 1 aromatic carbocycles. The summed E-state index contributed by atoms with van der Waals surface area (Å²) in [4.78, 5) is 2.32. The largest absolute Gasteiger partial charge is 0.394 e.